The second kappa shape index (κ2) is 4.81. The Hall–Kier alpha value is -2.62. The van der Waals surface area contributed by atoms with Crippen LogP contribution in [0.15, 0.2) is 53.3 Å². The zero-order valence-electron chi connectivity index (χ0n) is 11.3. The first kappa shape index (κ1) is 12.4. The van der Waals surface area contributed by atoms with Gasteiger partial charge in [0.15, 0.2) is 0 Å². The molecule has 1 heterocycles. The Kier molecular flexibility index (Phi) is 2.99. The van der Waals surface area contributed by atoms with E-state index in [0.29, 0.717) is 5.69 Å². The van der Waals surface area contributed by atoms with Crippen molar-refractivity contribution in [3.63, 3.8) is 0 Å². The minimum atomic E-state index is -0.103. The van der Waals surface area contributed by atoms with Crippen molar-refractivity contribution >= 4 is 11.0 Å². The molecule has 0 bridgehead atoms. The molecule has 20 heavy (non-hydrogen) atoms. The largest absolute Gasteiger partial charge is 0.497 e. The quantitative estimate of drug-likeness (QED) is 0.716. The summed E-state index contributed by atoms with van der Waals surface area (Å²) in [4.78, 5) is 16.7. The molecule has 0 aliphatic heterocycles. The number of rotatable bonds is 2. The summed E-state index contributed by atoms with van der Waals surface area (Å²) in [5.74, 6) is 0.761. The van der Waals surface area contributed by atoms with Crippen LogP contribution in [0.2, 0.25) is 0 Å². The highest BCUT2D eigenvalue weighted by atomic mass is 16.5. The average Bonchev–Trinajstić information content (AvgIpc) is 2.49. The first-order valence-electron chi connectivity index (χ1n) is 6.33. The van der Waals surface area contributed by atoms with Gasteiger partial charge in [0.1, 0.15) is 11.4 Å². The minimum Gasteiger partial charge on any atom is -0.497 e. The SMILES string of the molecule is COc1ccc(-n2c(=O)c(C)nc3ccccc32)cc1. The van der Waals surface area contributed by atoms with Crippen LogP contribution in [-0.2, 0) is 0 Å². The van der Waals surface area contributed by atoms with Crippen LogP contribution >= 0.6 is 0 Å². The topological polar surface area (TPSA) is 44.1 Å². The van der Waals surface area contributed by atoms with E-state index in [4.69, 9.17) is 4.74 Å². The molecule has 0 spiro atoms. The Bertz CT molecular complexity index is 820. The van der Waals surface area contributed by atoms with Crippen LogP contribution in [0, 0.1) is 6.92 Å². The number of para-hydroxylation sites is 2. The normalized spacial score (nSPS) is 10.7. The average molecular weight is 266 g/mol. The van der Waals surface area contributed by atoms with Crippen molar-refractivity contribution in [1.82, 2.24) is 9.55 Å². The van der Waals surface area contributed by atoms with Gasteiger partial charge in [-0.3, -0.25) is 9.36 Å². The van der Waals surface area contributed by atoms with Gasteiger partial charge in [0, 0.05) is 5.69 Å². The lowest BCUT2D eigenvalue weighted by molar-refractivity contribution is 0.414. The van der Waals surface area contributed by atoms with Gasteiger partial charge in [0.2, 0.25) is 0 Å². The van der Waals surface area contributed by atoms with Gasteiger partial charge in [-0.1, -0.05) is 12.1 Å². The third-order valence-corrected chi connectivity index (χ3v) is 3.25. The zero-order chi connectivity index (χ0) is 14.1. The number of aryl methyl sites for hydroxylation is 1. The molecular formula is C16H14N2O2. The molecule has 0 fully saturated rings. The summed E-state index contributed by atoms with van der Waals surface area (Å²) in [6.07, 6.45) is 0. The first-order valence-corrected chi connectivity index (χ1v) is 6.33. The van der Waals surface area contributed by atoms with Gasteiger partial charge >= 0.3 is 0 Å². The smallest absolute Gasteiger partial charge is 0.277 e. The van der Waals surface area contributed by atoms with Crippen LogP contribution in [0.5, 0.6) is 5.75 Å². The molecular weight excluding hydrogens is 252 g/mol. The van der Waals surface area contributed by atoms with Gasteiger partial charge < -0.3 is 4.74 Å². The van der Waals surface area contributed by atoms with Crippen LogP contribution in [0.25, 0.3) is 16.7 Å². The number of hydrogen-bond acceptors (Lipinski definition) is 3. The molecule has 2 aromatic carbocycles. The van der Waals surface area contributed by atoms with E-state index < -0.39 is 0 Å². The summed E-state index contributed by atoms with van der Waals surface area (Å²) in [6.45, 7) is 1.73. The van der Waals surface area contributed by atoms with Gasteiger partial charge in [0.25, 0.3) is 5.56 Å². The molecule has 0 saturated carbocycles. The minimum absolute atomic E-state index is 0.103. The molecule has 3 rings (SSSR count). The molecule has 4 heteroatoms. The maximum atomic E-state index is 12.4. The maximum Gasteiger partial charge on any atom is 0.277 e. The van der Waals surface area contributed by atoms with Crippen molar-refractivity contribution in [3.8, 4) is 11.4 Å². The van der Waals surface area contributed by atoms with Gasteiger partial charge in [0.05, 0.1) is 18.1 Å². The van der Waals surface area contributed by atoms with E-state index in [1.165, 1.54) is 0 Å². The number of hydrogen-bond donors (Lipinski definition) is 0. The van der Waals surface area contributed by atoms with Crippen LogP contribution in [0.4, 0.5) is 0 Å². The molecule has 0 amide bonds. The van der Waals surface area contributed by atoms with Gasteiger partial charge in [-0.25, -0.2) is 4.98 Å². The molecule has 0 saturated heterocycles. The number of fused-ring (bicyclic) bond motifs is 1. The molecule has 4 nitrogen and oxygen atoms in total. The predicted molar refractivity (Wildman–Crippen MR) is 78.6 cm³/mol. The van der Waals surface area contributed by atoms with Crippen LogP contribution in [0.3, 0.4) is 0 Å². The highest BCUT2D eigenvalue weighted by molar-refractivity contribution is 5.76. The van der Waals surface area contributed by atoms with Crippen molar-refractivity contribution in [2.45, 2.75) is 6.92 Å². The zero-order valence-corrected chi connectivity index (χ0v) is 11.3. The fraction of sp³-hybridized carbons (Fsp3) is 0.125. The third-order valence-electron chi connectivity index (χ3n) is 3.25. The second-order valence-corrected chi connectivity index (χ2v) is 4.52. The summed E-state index contributed by atoms with van der Waals surface area (Å²) in [5.41, 5.74) is 2.79. The van der Waals surface area contributed by atoms with Gasteiger partial charge in [-0.15, -0.1) is 0 Å². The summed E-state index contributed by atoms with van der Waals surface area (Å²) in [5, 5.41) is 0. The standard InChI is InChI=1S/C16H14N2O2/c1-11-16(19)18(12-7-9-13(20-2)10-8-12)15-6-4-3-5-14(15)17-11/h3-10H,1-2H3. The molecule has 0 aliphatic carbocycles. The Morgan fingerprint density at radius 1 is 1.05 bits per heavy atom. The Labute approximate surface area is 116 Å². The van der Waals surface area contributed by atoms with Gasteiger partial charge in [-0.2, -0.15) is 0 Å². The molecule has 100 valence electrons. The monoisotopic (exact) mass is 266 g/mol. The molecule has 0 aliphatic rings. The van der Waals surface area contributed by atoms with E-state index in [0.717, 1.165) is 22.5 Å². The summed E-state index contributed by atoms with van der Waals surface area (Å²) in [6, 6.07) is 15.0. The molecule has 1 aromatic heterocycles. The van der Waals surface area contributed by atoms with E-state index in [2.05, 4.69) is 4.98 Å². The molecule has 0 radical (unpaired) electrons. The Morgan fingerprint density at radius 2 is 1.75 bits per heavy atom. The van der Waals surface area contributed by atoms with Crippen molar-refractivity contribution in [1.29, 1.82) is 0 Å². The molecule has 3 aromatic rings. The Balaban J connectivity index is 2.33. The third kappa shape index (κ3) is 1.95. The predicted octanol–water partition coefficient (Wildman–Crippen LogP) is 2.70. The number of benzene rings is 2. The van der Waals surface area contributed by atoms with Crippen molar-refractivity contribution < 1.29 is 4.74 Å². The number of aromatic nitrogens is 2. The Morgan fingerprint density at radius 3 is 2.45 bits per heavy atom. The van der Waals surface area contributed by atoms with E-state index in [1.807, 2.05) is 48.5 Å². The lowest BCUT2D eigenvalue weighted by atomic mass is 10.2. The van der Waals surface area contributed by atoms with Crippen molar-refractivity contribution in [3.05, 3.63) is 64.6 Å². The van der Waals surface area contributed by atoms with Crippen LogP contribution in [-0.4, -0.2) is 16.7 Å². The molecule has 0 atom stereocenters. The lowest BCUT2D eigenvalue weighted by Crippen LogP contribution is -2.22. The summed E-state index contributed by atoms with van der Waals surface area (Å²) < 4.78 is 6.82. The van der Waals surface area contributed by atoms with Crippen molar-refractivity contribution in [2.24, 2.45) is 0 Å². The first-order chi connectivity index (χ1) is 9.70. The highest BCUT2D eigenvalue weighted by Crippen LogP contribution is 2.18. The number of nitrogens with zero attached hydrogens (tertiary/aromatic N) is 2. The number of ether oxygens (including phenoxy) is 1. The molecule has 0 N–H and O–H groups in total. The van der Waals surface area contributed by atoms with Crippen LogP contribution in [0.1, 0.15) is 5.69 Å². The molecule has 0 unspecified atom stereocenters. The van der Waals surface area contributed by atoms with Crippen molar-refractivity contribution in [2.75, 3.05) is 7.11 Å². The number of methoxy groups -OCH3 is 1. The van der Waals surface area contributed by atoms with E-state index in [-0.39, 0.29) is 5.56 Å². The van der Waals surface area contributed by atoms with Gasteiger partial charge in [-0.05, 0) is 43.3 Å². The van der Waals surface area contributed by atoms with E-state index >= 15 is 0 Å². The second-order valence-electron chi connectivity index (χ2n) is 4.52. The lowest BCUT2D eigenvalue weighted by Gasteiger charge is -2.11. The summed E-state index contributed by atoms with van der Waals surface area (Å²) >= 11 is 0. The van der Waals surface area contributed by atoms with E-state index in [9.17, 15) is 4.79 Å². The highest BCUT2D eigenvalue weighted by Gasteiger charge is 2.09. The fourth-order valence-corrected chi connectivity index (χ4v) is 2.24. The van der Waals surface area contributed by atoms with Crippen LogP contribution < -0.4 is 10.3 Å². The summed E-state index contributed by atoms with van der Waals surface area (Å²) in [7, 11) is 1.62. The maximum absolute atomic E-state index is 12.4. The fourth-order valence-electron chi connectivity index (χ4n) is 2.24. The van der Waals surface area contributed by atoms with E-state index in [1.54, 1.807) is 18.6 Å².